The van der Waals surface area contributed by atoms with E-state index in [2.05, 4.69) is 13.8 Å². The third-order valence-corrected chi connectivity index (χ3v) is 5.65. The van der Waals surface area contributed by atoms with E-state index in [1.807, 2.05) is 0 Å². The van der Waals surface area contributed by atoms with Crippen LogP contribution in [0.1, 0.15) is 136 Å². The Balaban J connectivity index is 3.60. The molecule has 0 radical (unpaired) electrons. The molecule has 5 heteroatoms. The first-order chi connectivity index (χ1) is 15.1. The number of carbonyl (C=O) groups excluding carboxylic acids is 2. The van der Waals surface area contributed by atoms with Gasteiger partial charge in [-0.2, -0.15) is 0 Å². The molecule has 0 heterocycles. The molecule has 0 aromatic carbocycles. The van der Waals surface area contributed by atoms with E-state index < -0.39 is 6.10 Å². The summed E-state index contributed by atoms with van der Waals surface area (Å²) in [6.45, 7) is 4.04. The summed E-state index contributed by atoms with van der Waals surface area (Å²) in [7, 11) is 0. The van der Waals surface area contributed by atoms with Gasteiger partial charge in [0.15, 0.2) is 6.10 Å². The van der Waals surface area contributed by atoms with E-state index in [1.54, 1.807) is 0 Å². The standard InChI is InChI=1S/C26H50O5/c1-3-5-7-9-11-12-13-14-15-17-19-21-26(29)31-24(22-27)23-30-25(28)20-18-16-10-8-6-4-2/h24,27H,3-23H2,1-2H3/t24-/m0/s1. The van der Waals surface area contributed by atoms with Gasteiger partial charge in [0.25, 0.3) is 0 Å². The average molecular weight is 443 g/mol. The molecule has 0 aliphatic heterocycles. The third kappa shape index (κ3) is 21.9. The van der Waals surface area contributed by atoms with Crippen molar-refractivity contribution < 1.29 is 24.2 Å². The Morgan fingerprint density at radius 1 is 0.613 bits per heavy atom. The average Bonchev–Trinajstić information content (AvgIpc) is 2.77. The Morgan fingerprint density at radius 3 is 1.42 bits per heavy atom. The van der Waals surface area contributed by atoms with Crippen molar-refractivity contribution in [3.05, 3.63) is 0 Å². The second-order valence-electron chi connectivity index (χ2n) is 8.78. The van der Waals surface area contributed by atoms with Gasteiger partial charge in [0.1, 0.15) is 6.61 Å². The molecular weight excluding hydrogens is 392 g/mol. The summed E-state index contributed by atoms with van der Waals surface area (Å²) in [4.78, 5) is 23.7. The number of aliphatic hydroxyl groups is 1. The molecule has 0 saturated heterocycles. The Bertz CT molecular complexity index is 411. The highest BCUT2D eigenvalue weighted by Crippen LogP contribution is 2.12. The van der Waals surface area contributed by atoms with Gasteiger partial charge in [0.2, 0.25) is 0 Å². The van der Waals surface area contributed by atoms with Crippen LogP contribution < -0.4 is 0 Å². The number of ether oxygens (including phenoxy) is 2. The van der Waals surface area contributed by atoms with Crippen molar-refractivity contribution in [3.8, 4) is 0 Å². The van der Waals surface area contributed by atoms with Crippen LogP contribution in [0.25, 0.3) is 0 Å². The van der Waals surface area contributed by atoms with Crippen LogP contribution in [-0.2, 0) is 19.1 Å². The minimum Gasteiger partial charge on any atom is -0.462 e. The molecule has 0 aliphatic rings. The number of rotatable bonds is 23. The molecule has 0 fully saturated rings. The number of aliphatic hydroxyl groups excluding tert-OH is 1. The van der Waals surface area contributed by atoms with Crippen LogP contribution in [0.5, 0.6) is 0 Å². The van der Waals surface area contributed by atoms with Crippen LogP contribution in [0.4, 0.5) is 0 Å². The Kier molecular flexibility index (Phi) is 22.7. The fraction of sp³-hybridized carbons (Fsp3) is 0.923. The van der Waals surface area contributed by atoms with E-state index in [0.717, 1.165) is 38.5 Å². The van der Waals surface area contributed by atoms with Crippen molar-refractivity contribution in [2.24, 2.45) is 0 Å². The molecule has 0 aromatic rings. The van der Waals surface area contributed by atoms with Crippen LogP contribution in [-0.4, -0.2) is 36.4 Å². The van der Waals surface area contributed by atoms with Gasteiger partial charge >= 0.3 is 11.9 Å². The maximum absolute atomic E-state index is 11.9. The first kappa shape index (κ1) is 29.9. The van der Waals surface area contributed by atoms with Crippen molar-refractivity contribution in [1.82, 2.24) is 0 Å². The highest BCUT2D eigenvalue weighted by atomic mass is 16.6. The molecule has 0 unspecified atom stereocenters. The van der Waals surface area contributed by atoms with Crippen LogP contribution in [0.15, 0.2) is 0 Å². The Morgan fingerprint density at radius 2 is 1.00 bits per heavy atom. The molecule has 0 aromatic heterocycles. The summed E-state index contributed by atoms with van der Waals surface area (Å²) in [5, 5.41) is 9.38. The molecule has 0 saturated carbocycles. The fourth-order valence-corrected chi connectivity index (χ4v) is 3.61. The van der Waals surface area contributed by atoms with Crippen LogP contribution in [0, 0.1) is 0 Å². The molecule has 0 rings (SSSR count). The van der Waals surface area contributed by atoms with E-state index in [1.165, 1.54) is 70.6 Å². The molecule has 31 heavy (non-hydrogen) atoms. The number of hydrogen-bond acceptors (Lipinski definition) is 5. The van der Waals surface area contributed by atoms with Crippen molar-refractivity contribution in [2.45, 2.75) is 142 Å². The second kappa shape index (κ2) is 23.6. The van der Waals surface area contributed by atoms with Gasteiger partial charge in [-0.25, -0.2) is 0 Å². The zero-order chi connectivity index (χ0) is 23.0. The van der Waals surface area contributed by atoms with Gasteiger partial charge in [0.05, 0.1) is 6.61 Å². The topological polar surface area (TPSA) is 72.8 Å². The zero-order valence-electron chi connectivity index (χ0n) is 20.5. The lowest BCUT2D eigenvalue weighted by Gasteiger charge is -2.15. The maximum Gasteiger partial charge on any atom is 0.306 e. The van der Waals surface area contributed by atoms with E-state index in [0.29, 0.717) is 12.8 Å². The predicted octanol–water partition coefficient (Wildman–Crippen LogP) is 6.89. The van der Waals surface area contributed by atoms with Gasteiger partial charge < -0.3 is 14.6 Å². The summed E-state index contributed by atoms with van der Waals surface area (Å²) in [5.41, 5.74) is 0. The van der Waals surface area contributed by atoms with Crippen molar-refractivity contribution in [2.75, 3.05) is 13.2 Å². The molecule has 0 amide bonds. The largest absolute Gasteiger partial charge is 0.462 e. The summed E-state index contributed by atoms with van der Waals surface area (Å²) < 4.78 is 10.4. The third-order valence-electron chi connectivity index (χ3n) is 5.65. The lowest BCUT2D eigenvalue weighted by molar-refractivity contribution is -0.161. The first-order valence-corrected chi connectivity index (χ1v) is 13.1. The molecule has 0 spiro atoms. The van der Waals surface area contributed by atoms with Crippen molar-refractivity contribution in [3.63, 3.8) is 0 Å². The molecule has 0 aliphatic carbocycles. The molecule has 5 nitrogen and oxygen atoms in total. The number of hydrogen-bond donors (Lipinski definition) is 1. The summed E-state index contributed by atoms with van der Waals surface area (Å²) in [6, 6.07) is 0. The van der Waals surface area contributed by atoms with Gasteiger partial charge in [-0.05, 0) is 12.8 Å². The summed E-state index contributed by atoms with van der Waals surface area (Å²) in [5.74, 6) is -0.600. The van der Waals surface area contributed by atoms with Crippen molar-refractivity contribution in [1.29, 1.82) is 0 Å². The smallest absolute Gasteiger partial charge is 0.306 e. The predicted molar refractivity (Wildman–Crippen MR) is 127 cm³/mol. The number of carbonyl (C=O) groups is 2. The molecular formula is C26H50O5. The van der Waals surface area contributed by atoms with E-state index in [9.17, 15) is 14.7 Å². The van der Waals surface area contributed by atoms with Gasteiger partial charge in [-0.3, -0.25) is 9.59 Å². The molecule has 184 valence electrons. The Labute approximate surface area is 191 Å². The highest BCUT2D eigenvalue weighted by Gasteiger charge is 2.16. The zero-order valence-corrected chi connectivity index (χ0v) is 20.5. The van der Waals surface area contributed by atoms with Crippen LogP contribution >= 0.6 is 0 Å². The summed E-state index contributed by atoms with van der Waals surface area (Å²) in [6.07, 6.45) is 20.2. The van der Waals surface area contributed by atoms with Gasteiger partial charge in [-0.15, -0.1) is 0 Å². The maximum atomic E-state index is 11.9. The number of unbranched alkanes of at least 4 members (excludes halogenated alkanes) is 15. The van der Waals surface area contributed by atoms with E-state index in [4.69, 9.17) is 9.47 Å². The van der Waals surface area contributed by atoms with Crippen LogP contribution in [0.3, 0.4) is 0 Å². The lowest BCUT2D eigenvalue weighted by Crippen LogP contribution is -2.28. The highest BCUT2D eigenvalue weighted by molar-refractivity contribution is 5.70. The van der Waals surface area contributed by atoms with Crippen LogP contribution in [0.2, 0.25) is 0 Å². The minimum absolute atomic E-state index is 0.0604. The fourth-order valence-electron chi connectivity index (χ4n) is 3.61. The van der Waals surface area contributed by atoms with Gasteiger partial charge in [-0.1, -0.05) is 110 Å². The molecule has 0 bridgehead atoms. The first-order valence-electron chi connectivity index (χ1n) is 13.1. The van der Waals surface area contributed by atoms with Crippen molar-refractivity contribution >= 4 is 11.9 Å². The minimum atomic E-state index is -0.756. The molecule has 1 N–H and O–H groups in total. The lowest BCUT2D eigenvalue weighted by atomic mass is 10.1. The second-order valence-corrected chi connectivity index (χ2v) is 8.78. The van der Waals surface area contributed by atoms with Gasteiger partial charge in [0, 0.05) is 12.8 Å². The summed E-state index contributed by atoms with van der Waals surface area (Å²) >= 11 is 0. The number of esters is 2. The SMILES string of the molecule is CCCCCCCCCCCCCC(=O)O[C@@H](CO)COC(=O)CCCCCCCC. The van der Waals surface area contributed by atoms with E-state index >= 15 is 0 Å². The monoisotopic (exact) mass is 442 g/mol. The molecule has 1 atom stereocenters. The normalized spacial score (nSPS) is 12.0. The van der Waals surface area contributed by atoms with E-state index in [-0.39, 0.29) is 25.2 Å². The quantitative estimate of drug-likeness (QED) is 0.138. The Hall–Kier alpha value is -1.10.